The van der Waals surface area contributed by atoms with Gasteiger partial charge in [-0.15, -0.1) is 21.5 Å². The summed E-state index contributed by atoms with van der Waals surface area (Å²) in [7, 11) is 1.65. The van der Waals surface area contributed by atoms with Gasteiger partial charge in [-0.25, -0.2) is 4.98 Å². The molecule has 0 atom stereocenters. The van der Waals surface area contributed by atoms with E-state index < -0.39 is 0 Å². The molecule has 0 bridgehead atoms. The first-order valence-electron chi connectivity index (χ1n) is 10.4. The molecule has 168 valence electrons. The number of carbonyl (C=O) groups is 1. The van der Waals surface area contributed by atoms with Gasteiger partial charge in [-0.05, 0) is 62.2 Å². The highest BCUT2D eigenvalue weighted by molar-refractivity contribution is 7.99. The Morgan fingerprint density at radius 3 is 2.64 bits per heavy atom. The van der Waals surface area contributed by atoms with Crippen LogP contribution in [0.1, 0.15) is 16.8 Å². The molecule has 0 fully saturated rings. The third-order valence-electron chi connectivity index (χ3n) is 5.22. The molecule has 0 unspecified atom stereocenters. The lowest BCUT2D eigenvalue weighted by atomic mass is 10.1. The number of methoxy groups -OCH3 is 1. The van der Waals surface area contributed by atoms with Crippen molar-refractivity contribution in [3.05, 3.63) is 71.4 Å². The van der Waals surface area contributed by atoms with E-state index in [4.69, 9.17) is 9.72 Å². The zero-order valence-electron chi connectivity index (χ0n) is 18.9. The van der Waals surface area contributed by atoms with Crippen LogP contribution in [0.15, 0.2) is 59.6 Å². The molecule has 8 heteroatoms. The topological polar surface area (TPSA) is 77.0 Å². The Morgan fingerprint density at radius 1 is 1.06 bits per heavy atom. The van der Waals surface area contributed by atoms with Crippen molar-refractivity contribution in [3.8, 4) is 26.9 Å². The van der Waals surface area contributed by atoms with Crippen LogP contribution in [0.3, 0.4) is 0 Å². The minimum Gasteiger partial charge on any atom is -0.497 e. The lowest BCUT2D eigenvalue weighted by Gasteiger charge is -2.10. The second-order valence-corrected chi connectivity index (χ2v) is 9.50. The standard InChI is InChI=1S/C25H24N4O2S2/c1-15-7-5-10-20(16(15)2)27-22(30)14-32-23-12-11-21(28-29-23)24-17(3)26-25(33-24)18-8-6-9-19(13-18)31-4/h5-13H,14H2,1-4H3,(H,27,30). The highest BCUT2D eigenvalue weighted by atomic mass is 32.2. The molecule has 6 nitrogen and oxygen atoms in total. The first kappa shape index (κ1) is 22.9. The number of nitrogens with zero attached hydrogens (tertiary/aromatic N) is 3. The fourth-order valence-electron chi connectivity index (χ4n) is 3.24. The zero-order chi connectivity index (χ0) is 23.4. The van der Waals surface area contributed by atoms with Crippen molar-refractivity contribution in [3.63, 3.8) is 0 Å². The van der Waals surface area contributed by atoms with Crippen LogP contribution >= 0.6 is 23.1 Å². The number of rotatable bonds is 7. The van der Waals surface area contributed by atoms with E-state index in [1.165, 1.54) is 11.8 Å². The van der Waals surface area contributed by atoms with Gasteiger partial charge in [-0.3, -0.25) is 4.79 Å². The summed E-state index contributed by atoms with van der Waals surface area (Å²) in [6, 6.07) is 17.5. The Kier molecular flexibility index (Phi) is 7.05. The van der Waals surface area contributed by atoms with E-state index in [2.05, 4.69) is 15.5 Å². The Bertz CT molecular complexity index is 1290. The van der Waals surface area contributed by atoms with Crippen LogP contribution in [0.2, 0.25) is 0 Å². The summed E-state index contributed by atoms with van der Waals surface area (Å²) in [5.41, 5.74) is 5.74. The molecule has 0 radical (unpaired) electrons. The van der Waals surface area contributed by atoms with Gasteiger partial charge >= 0.3 is 0 Å². The van der Waals surface area contributed by atoms with Crippen molar-refractivity contribution in [2.24, 2.45) is 0 Å². The van der Waals surface area contributed by atoms with E-state index in [1.807, 2.05) is 75.4 Å². The minimum absolute atomic E-state index is 0.0687. The SMILES string of the molecule is COc1cccc(-c2nc(C)c(-c3ccc(SCC(=O)Nc4cccc(C)c4C)nn3)s2)c1. The van der Waals surface area contributed by atoms with Crippen LogP contribution in [0.25, 0.3) is 21.1 Å². The summed E-state index contributed by atoms with van der Waals surface area (Å²) in [5, 5.41) is 13.3. The number of nitrogens with one attached hydrogen (secondary N) is 1. The number of aromatic nitrogens is 3. The molecular weight excluding hydrogens is 452 g/mol. The molecule has 1 N–H and O–H groups in total. The van der Waals surface area contributed by atoms with Gasteiger partial charge in [0.25, 0.3) is 0 Å². The van der Waals surface area contributed by atoms with Crippen molar-refractivity contribution in [2.45, 2.75) is 25.8 Å². The molecular formula is C25H24N4O2S2. The van der Waals surface area contributed by atoms with Crippen LogP contribution < -0.4 is 10.1 Å². The Hall–Kier alpha value is -3.23. The highest BCUT2D eigenvalue weighted by Crippen LogP contribution is 2.35. The summed E-state index contributed by atoms with van der Waals surface area (Å²) in [5.74, 6) is 0.992. The maximum absolute atomic E-state index is 12.4. The molecule has 2 aromatic carbocycles. The number of anilines is 1. The third-order valence-corrected chi connectivity index (χ3v) is 7.36. The van der Waals surface area contributed by atoms with Gasteiger partial charge in [0.1, 0.15) is 21.5 Å². The van der Waals surface area contributed by atoms with Crippen molar-refractivity contribution in [1.82, 2.24) is 15.2 Å². The number of hydrogen-bond donors (Lipinski definition) is 1. The van der Waals surface area contributed by atoms with Crippen molar-refractivity contribution >= 4 is 34.7 Å². The van der Waals surface area contributed by atoms with Gasteiger partial charge in [0.2, 0.25) is 5.91 Å². The van der Waals surface area contributed by atoms with Gasteiger partial charge in [-0.1, -0.05) is 36.0 Å². The number of thioether (sulfide) groups is 1. The third kappa shape index (κ3) is 5.40. The molecule has 2 aromatic heterocycles. The summed E-state index contributed by atoms with van der Waals surface area (Å²) in [6.07, 6.45) is 0. The van der Waals surface area contributed by atoms with Gasteiger partial charge in [0.05, 0.1) is 23.4 Å². The average molecular weight is 477 g/mol. The lowest BCUT2D eigenvalue weighted by Crippen LogP contribution is -2.15. The summed E-state index contributed by atoms with van der Waals surface area (Å²) >= 11 is 2.93. The molecule has 0 saturated carbocycles. The van der Waals surface area contributed by atoms with Crippen LogP contribution in [-0.4, -0.2) is 34.0 Å². The Labute approximate surface area is 201 Å². The van der Waals surface area contributed by atoms with Crippen LogP contribution in [0, 0.1) is 20.8 Å². The largest absolute Gasteiger partial charge is 0.497 e. The van der Waals surface area contributed by atoms with E-state index in [0.29, 0.717) is 5.03 Å². The van der Waals surface area contributed by atoms with Gasteiger partial charge in [-0.2, -0.15) is 0 Å². The monoisotopic (exact) mass is 476 g/mol. The zero-order valence-corrected chi connectivity index (χ0v) is 20.5. The number of ether oxygens (including phenoxy) is 1. The number of thiazole rings is 1. The van der Waals surface area contributed by atoms with Crippen LogP contribution in [0.4, 0.5) is 5.69 Å². The number of carbonyl (C=O) groups excluding carboxylic acids is 1. The lowest BCUT2D eigenvalue weighted by molar-refractivity contribution is -0.113. The summed E-state index contributed by atoms with van der Waals surface area (Å²) in [6.45, 7) is 6.00. The minimum atomic E-state index is -0.0687. The fraction of sp³-hybridized carbons (Fsp3) is 0.200. The predicted molar refractivity (Wildman–Crippen MR) is 135 cm³/mol. The predicted octanol–water partition coefficient (Wildman–Crippen LogP) is 5.93. The first-order chi connectivity index (χ1) is 15.9. The maximum Gasteiger partial charge on any atom is 0.234 e. The van der Waals surface area contributed by atoms with E-state index in [1.54, 1.807) is 18.4 Å². The molecule has 2 heterocycles. The first-order valence-corrected chi connectivity index (χ1v) is 12.2. The normalized spacial score (nSPS) is 10.8. The number of aryl methyl sites for hydroxylation is 2. The van der Waals surface area contributed by atoms with Crippen LogP contribution in [-0.2, 0) is 4.79 Å². The molecule has 0 aliphatic heterocycles. The maximum atomic E-state index is 12.4. The Balaban J connectivity index is 1.42. The fourth-order valence-corrected chi connectivity index (χ4v) is 4.89. The second kappa shape index (κ2) is 10.1. The van der Waals surface area contributed by atoms with Crippen molar-refractivity contribution < 1.29 is 9.53 Å². The molecule has 0 aliphatic rings. The van der Waals surface area contributed by atoms with Gasteiger partial charge in [0.15, 0.2) is 0 Å². The van der Waals surface area contributed by atoms with Crippen molar-refractivity contribution in [2.75, 3.05) is 18.2 Å². The molecule has 4 rings (SSSR count). The van der Waals surface area contributed by atoms with Crippen molar-refractivity contribution in [1.29, 1.82) is 0 Å². The molecule has 0 aliphatic carbocycles. The summed E-state index contributed by atoms with van der Waals surface area (Å²) in [4.78, 5) is 18.1. The van der Waals surface area contributed by atoms with Gasteiger partial charge in [0, 0.05) is 11.3 Å². The van der Waals surface area contributed by atoms with E-state index >= 15 is 0 Å². The van der Waals surface area contributed by atoms with E-state index in [-0.39, 0.29) is 11.7 Å². The van der Waals surface area contributed by atoms with E-state index in [9.17, 15) is 4.79 Å². The quantitative estimate of drug-likeness (QED) is 0.333. The molecule has 4 aromatic rings. The Morgan fingerprint density at radius 2 is 1.88 bits per heavy atom. The molecule has 0 spiro atoms. The van der Waals surface area contributed by atoms with Gasteiger partial charge < -0.3 is 10.1 Å². The number of amides is 1. The number of hydrogen-bond acceptors (Lipinski definition) is 7. The second-order valence-electron chi connectivity index (χ2n) is 7.51. The molecule has 33 heavy (non-hydrogen) atoms. The van der Waals surface area contributed by atoms with Crippen LogP contribution in [0.5, 0.6) is 5.75 Å². The average Bonchev–Trinajstić information content (AvgIpc) is 3.22. The molecule has 1 amide bonds. The highest BCUT2D eigenvalue weighted by Gasteiger charge is 2.14. The number of benzene rings is 2. The smallest absolute Gasteiger partial charge is 0.234 e. The van der Waals surface area contributed by atoms with E-state index in [0.717, 1.165) is 49.4 Å². The molecule has 0 saturated heterocycles. The summed E-state index contributed by atoms with van der Waals surface area (Å²) < 4.78 is 5.32.